The lowest BCUT2D eigenvalue weighted by Crippen LogP contribution is -2.39. The molecule has 2 N–H and O–H groups in total. The minimum Gasteiger partial charge on any atom is -0.357 e. The number of hydrogen-bond donors (Lipinski definition) is 2. The number of hydrogen-bond acceptors (Lipinski definition) is 5. The van der Waals surface area contributed by atoms with E-state index in [2.05, 4.69) is 27.5 Å². The summed E-state index contributed by atoms with van der Waals surface area (Å²) in [5, 5.41) is 7.59. The third-order valence-corrected chi connectivity index (χ3v) is 6.96. The fraction of sp³-hybridized carbons (Fsp3) is 0.733. The van der Waals surface area contributed by atoms with Gasteiger partial charge in [0.25, 0.3) is 0 Å². The van der Waals surface area contributed by atoms with Crippen LogP contribution in [0.2, 0.25) is 0 Å². The fourth-order valence-electron chi connectivity index (χ4n) is 2.49. The first-order valence-corrected chi connectivity index (χ1v) is 10.8. The minimum atomic E-state index is -3.04. The van der Waals surface area contributed by atoms with Crippen molar-refractivity contribution in [2.45, 2.75) is 33.6 Å². The summed E-state index contributed by atoms with van der Waals surface area (Å²) in [6, 6.07) is 0. The second kappa shape index (κ2) is 10.6. The molecule has 2 rings (SSSR count). The molecule has 7 nitrogen and oxygen atoms in total. The molecule has 1 saturated heterocycles. The van der Waals surface area contributed by atoms with Crippen molar-refractivity contribution in [2.24, 2.45) is 4.99 Å². The molecule has 0 atom stereocenters. The summed E-state index contributed by atoms with van der Waals surface area (Å²) in [7, 11) is -3.04. The van der Waals surface area contributed by atoms with E-state index in [9.17, 15) is 8.42 Å². The van der Waals surface area contributed by atoms with E-state index in [0.29, 0.717) is 19.6 Å². The Labute approximate surface area is 171 Å². The number of sulfonamides is 1. The number of aryl methyl sites for hydroxylation is 2. The number of guanidine groups is 1. The molecule has 1 aliphatic rings. The van der Waals surface area contributed by atoms with Crippen molar-refractivity contribution < 1.29 is 8.42 Å². The van der Waals surface area contributed by atoms with Crippen molar-refractivity contribution >= 4 is 51.3 Å². The van der Waals surface area contributed by atoms with Crippen molar-refractivity contribution in [3.05, 3.63) is 15.6 Å². The van der Waals surface area contributed by atoms with E-state index in [1.165, 1.54) is 9.18 Å². The molecule has 1 aromatic heterocycles. The number of aromatic nitrogens is 1. The Morgan fingerprint density at radius 3 is 2.68 bits per heavy atom. The third-order valence-electron chi connectivity index (χ3n) is 3.87. The fourth-order valence-corrected chi connectivity index (χ4v) is 4.94. The van der Waals surface area contributed by atoms with Crippen LogP contribution in [0, 0.1) is 13.8 Å². The van der Waals surface area contributed by atoms with Crippen LogP contribution in [0.1, 0.15) is 28.9 Å². The molecular formula is C15H28IN5O2S2. The van der Waals surface area contributed by atoms with Gasteiger partial charge in [-0.2, -0.15) is 0 Å². The zero-order chi connectivity index (χ0) is 17.6. The Bertz CT molecular complexity index is 656. The first kappa shape index (κ1) is 22.6. The van der Waals surface area contributed by atoms with Gasteiger partial charge in [-0.15, -0.1) is 35.3 Å². The molecule has 1 aromatic rings. The Hall–Kier alpha value is -0.460. The van der Waals surface area contributed by atoms with Gasteiger partial charge in [0.1, 0.15) is 0 Å². The monoisotopic (exact) mass is 501 g/mol. The summed E-state index contributed by atoms with van der Waals surface area (Å²) in [4.78, 5) is 10.3. The molecule has 0 saturated carbocycles. The molecule has 0 radical (unpaired) electrons. The lowest BCUT2D eigenvalue weighted by Gasteiger charge is -2.14. The van der Waals surface area contributed by atoms with E-state index in [1.54, 1.807) is 11.3 Å². The van der Waals surface area contributed by atoms with Gasteiger partial charge in [0.15, 0.2) is 5.96 Å². The summed E-state index contributed by atoms with van der Waals surface area (Å²) < 4.78 is 25.1. The number of aliphatic imine (C=N–C) groups is 1. The summed E-state index contributed by atoms with van der Waals surface area (Å²) in [5.41, 5.74) is 1.10. The van der Waals surface area contributed by atoms with Crippen molar-refractivity contribution in [2.75, 3.05) is 38.5 Å². The van der Waals surface area contributed by atoms with Gasteiger partial charge >= 0.3 is 0 Å². The number of halogens is 1. The predicted molar refractivity (Wildman–Crippen MR) is 115 cm³/mol. The zero-order valence-corrected chi connectivity index (χ0v) is 19.0. The number of rotatable bonds is 7. The average molecular weight is 501 g/mol. The van der Waals surface area contributed by atoms with Crippen molar-refractivity contribution in [1.29, 1.82) is 0 Å². The first-order valence-electron chi connectivity index (χ1n) is 8.35. The van der Waals surface area contributed by atoms with Gasteiger partial charge in [-0.05, 0) is 27.2 Å². The SMILES string of the molecule is CCNC(=NCCN1CCCS1(=O)=O)NCCc1nc(C)c(C)s1.I. The molecule has 1 aliphatic heterocycles. The van der Waals surface area contributed by atoms with E-state index in [1.807, 2.05) is 13.8 Å². The quantitative estimate of drug-likeness (QED) is 0.336. The van der Waals surface area contributed by atoms with E-state index in [0.717, 1.165) is 42.6 Å². The summed E-state index contributed by atoms with van der Waals surface area (Å²) in [6.07, 6.45) is 1.57. The average Bonchev–Trinajstić information content (AvgIpc) is 3.01. The normalized spacial score (nSPS) is 17.3. The lowest BCUT2D eigenvalue weighted by molar-refractivity contribution is 0.452. The van der Waals surface area contributed by atoms with Gasteiger partial charge in [-0.1, -0.05) is 0 Å². The molecule has 10 heteroatoms. The summed E-state index contributed by atoms with van der Waals surface area (Å²) in [6.45, 7) is 9.17. The second-order valence-corrected chi connectivity index (χ2v) is 9.13. The van der Waals surface area contributed by atoms with Crippen molar-refractivity contribution in [3.8, 4) is 0 Å². The third kappa shape index (κ3) is 6.99. The molecule has 2 heterocycles. The number of nitrogens with one attached hydrogen (secondary N) is 2. The second-order valence-electron chi connectivity index (χ2n) is 5.76. The van der Waals surface area contributed by atoms with Crippen molar-refractivity contribution in [1.82, 2.24) is 19.9 Å². The standard InChI is InChI=1S/C15H27N5O2S2.HI/c1-4-16-15(17-7-6-14-19-12(2)13(3)23-14)18-8-10-20-9-5-11-24(20,21)22;/h4-11H2,1-3H3,(H2,16,17,18);1H. The van der Waals surface area contributed by atoms with Crippen LogP contribution in [0.15, 0.2) is 4.99 Å². The Morgan fingerprint density at radius 2 is 2.12 bits per heavy atom. The molecule has 0 aliphatic carbocycles. The maximum Gasteiger partial charge on any atom is 0.214 e. The van der Waals surface area contributed by atoms with E-state index in [4.69, 9.17) is 0 Å². The number of thiazole rings is 1. The molecule has 144 valence electrons. The lowest BCUT2D eigenvalue weighted by atomic mass is 10.4. The minimum absolute atomic E-state index is 0. The molecule has 1 fully saturated rings. The van der Waals surface area contributed by atoms with Gasteiger partial charge in [0.05, 0.1) is 23.0 Å². The molecular weight excluding hydrogens is 473 g/mol. The van der Waals surface area contributed by atoms with Crippen LogP contribution >= 0.6 is 35.3 Å². The molecule has 0 spiro atoms. The van der Waals surface area contributed by atoms with E-state index >= 15 is 0 Å². The van der Waals surface area contributed by atoms with Crippen LogP contribution in [0.3, 0.4) is 0 Å². The Balaban J connectivity index is 0.00000312. The largest absolute Gasteiger partial charge is 0.357 e. The highest BCUT2D eigenvalue weighted by Gasteiger charge is 2.27. The van der Waals surface area contributed by atoms with Crippen LogP contribution in [-0.2, 0) is 16.4 Å². The Morgan fingerprint density at radius 1 is 1.36 bits per heavy atom. The molecule has 0 bridgehead atoms. The highest BCUT2D eigenvalue weighted by atomic mass is 127. The van der Waals surface area contributed by atoms with E-state index < -0.39 is 10.0 Å². The Kier molecular flexibility index (Phi) is 9.60. The topological polar surface area (TPSA) is 86.7 Å². The molecule has 0 aromatic carbocycles. The van der Waals surface area contributed by atoms with E-state index in [-0.39, 0.29) is 29.7 Å². The zero-order valence-electron chi connectivity index (χ0n) is 15.0. The molecule has 0 unspecified atom stereocenters. The van der Waals surface area contributed by atoms with Gasteiger partial charge < -0.3 is 10.6 Å². The number of nitrogens with zero attached hydrogens (tertiary/aromatic N) is 3. The van der Waals surface area contributed by atoms with Crippen molar-refractivity contribution in [3.63, 3.8) is 0 Å². The van der Waals surface area contributed by atoms with Gasteiger partial charge in [0.2, 0.25) is 10.0 Å². The van der Waals surface area contributed by atoms with Gasteiger partial charge in [-0.3, -0.25) is 4.99 Å². The molecule has 25 heavy (non-hydrogen) atoms. The maximum absolute atomic E-state index is 11.8. The van der Waals surface area contributed by atoms with Crippen LogP contribution in [0.4, 0.5) is 0 Å². The van der Waals surface area contributed by atoms with Crippen LogP contribution < -0.4 is 10.6 Å². The van der Waals surface area contributed by atoms with Gasteiger partial charge in [0, 0.05) is 37.5 Å². The molecule has 0 amide bonds. The highest BCUT2D eigenvalue weighted by molar-refractivity contribution is 14.0. The van der Waals surface area contributed by atoms with Gasteiger partial charge in [-0.25, -0.2) is 17.7 Å². The summed E-state index contributed by atoms with van der Waals surface area (Å²) in [5.74, 6) is 0.987. The smallest absolute Gasteiger partial charge is 0.214 e. The summed E-state index contributed by atoms with van der Waals surface area (Å²) >= 11 is 1.73. The first-order chi connectivity index (χ1) is 11.4. The predicted octanol–water partition coefficient (Wildman–Crippen LogP) is 1.51. The highest BCUT2D eigenvalue weighted by Crippen LogP contribution is 2.16. The maximum atomic E-state index is 11.8. The van der Waals surface area contributed by atoms with Crippen LogP contribution in [0.5, 0.6) is 0 Å². The van der Waals surface area contributed by atoms with Crippen LogP contribution in [-0.4, -0.2) is 62.1 Å². The van der Waals surface area contributed by atoms with Crippen LogP contribution in [0.25, 0.3) is 0 Å².